The van der Waals surface area contributed by atoms with E-state index >= 15 is 0 Å². The van der Waals surface area contributed by atoms with E-state index < -0.39 is 0 Å². The van der Waals surface area contributed by atoms with E-state index in [1.165, 1.54) is 5.30 Å². The molecule has 3 radical (unpaired) electrons. The van der Waals surface area contributed by atoms with Gasteiger partial charge >= 0.3 is 0 Å². The monoisotopic (exact) mass is 121 g/mol. The van der Waals surface area contributed by atoms with Gasteiger partial charge in [-0.25, -0.2) is 0 Å². The Morgan fingerprint density at radius 3 is 1.75 bits per heavy atom. The predicted molar refractivity (Wildman–Crippen MR) is 41.5 cm³/mol. The minimum absolute atomic E-state index is 0. The Morgan fingerprint density at radius 2 is 1.50 bits per heavy atom. The maximum Gasteiger partial charge on any atom is 0 e. The van der Waals surface area contributed by atoms with Crippen LogP contribution in [0.1, 0.15) is 0 Å². The molecule has 0 aliphatic carbocycles. The van der Waals surface area contributed by atoms with Crippen LogP contribution in [0.4, 0.5) is 0 Å². The van der Waals surface area contributed by atoms with Crippen LogP contribution < -0.4 is 5.30 Å². The number of hydrogen-bond acceptors (Lipinski definition) is 0. The second kappa shape index (κ2) is 3.68. The van der Waals surface area contributed by atoms with Crippen LogP contribution in [-0.2, 0) is 0 Å². The lowest BCUT2D eigenvalue weighted by Gasteiger charge is -1.82. The summed E-state index contributed by atoms with van der Waals surface area (Å²) < 4.78 is 0. The largest absolute Gasteiger partial charge is 0.106 e. The molecule has 0 spiro atoms. The maximum atomic E-state index is 2.63. The Balaban J connectivity index is 0.000000490. The molecule has 0 heterocycles. The molecular formula is C6H7BP. The molecule has 0 amide bonds. The zero-order valence-corrected chi connectivity index (χ0v) is 5.70. The van der Waals surface area contributed by atoms with Gasteiger partial charge in [0.05, 0.1) is 0 Å². The highest BCUT2D eigenvalue weighted by Crippen LogP contribution is 1.86. The molecule has 1 aromatic carbocycles. The summed E-state index contributed by atoms with van der Waals surface area (Å²) in [6.45, 7) is 0. The molecule has 1 atom stereocenters. The molecule has 1 aromatic rings. The van der Waals surface area contributed by atoms with Crippen molar-refractivity contribution in [1.82, 2.24) is 0 Å². The Labute approximate surface area is 54.1 Å². The van der Waals surface area contributed by atoms with Crippen molar-refractivity contribution in [3.8, 4) is 0 Å². The Hall–Kier alpha value is -0.285. The van der Waals surface area contributed by atoms with Gasteiger partial charge in [0, 0.05) is 8.41 Å². The molecule has 1 rings (SSSR count). The summed E-state index contributed by atoms with van der Waals surface area (Å²) in [5.74, 6) is 0. The fourth-order valence-electron chi connectivity index (χ4n) is 0.453. The van der Waals surface area contributed by atoms with Crippen molar-refractivity contribution in [2.24, 2.45) is 0 Å². The van der Waals surface area contributed by atoms with E-state index in [0.717, 1.165) is 0 Å². The van der Waals surface area contributed by atoms with Gasteiger partial charge in [-0.2, -0.15) is 0 Å². The molecule has 39 valence electrons. The fraction of sp³-hybridized carbons (Fsp3) is 0. The minimum atomic E-state index is 0. The molecule has 2 heteroatoms. The van der Waals surface area contributed by atoms with Crippen molar-refractivity contribution in [2.45, 2.75) is 0 Å². The number of rotatable bonds is 0. The summed E-state index contributed by atoms with van der Waals surface area (Å²) in [4.78, 5) is 0. The van der Waals surface area contributed by atoms with E-state index in [1.54, 1.807) is 0 Å². The second-order valence-electron chi connectivity index (χ2n) is 1.41. The third kappa shape index (κ3) is 2.13. The zero-order valence-electron chi connectivity index (χ0n) is 4.54. The van der Waals surface area contributed by atoms with Crippen LogP contribution in [0.15, 0.2) is 30.3 Å². The van der Waals surface area contributed by atoms with E-state index in [2.05, 4.69) is 9.24 Å². The molecule has 0 aromatic heterocycles. The second-order valence-corrected chi connectivity index (χ2v) is 2.08. The van der Waals surface area contributed by atoms with Crippen molar-refractivity contribution in [3.63, 3.8) is 0 Å². The Kier molecular flexibility index (Phi) is 3.55. The Morgan fingerprint density at radius 1 is 1.00 bits per heavy atom. The first-order valence-corrected chi connectivity index (χ1v) is 2.78. The summed E-state index contributed by atoms with van der Waals surface area (Å²) >= 11 is 0. The lowest BCUT2D eigenvalue weighted by molar-refractivity contribution is 1.78. The van der Waals surface area contributed by atoms with Crippen LogP contribution in [0.2, 0.25) is 0 Å². The lowest BCUT2D eigenvalue weighted by Crippen LogP contribution is -1.82. The molecule has 0 aliphatic rings. The fourth-order valence-corrected chi connectivity index (χ4v) is 0.675. The minimum Gasteiger partial charge on any atom is -0.106 e. The third-order valence-electron chi connectivity index (χ3n) is 0.800. The molecule has 1 unspecified atom stereocenters. The van der Waals surface area contributed by atoms with Crippen LogP contribution in [0.5, 0.6) is 0 Å². The van der Waals surface area contributed by atoms with Gasteiger partial charge in [-0.15, -0.1) is 9.24 Å². The molecular weight excluding hydrogens is 114 g/mol. The standard InChI is InChI=1S/C6H7P.B/c7-6-4-2-1-3-5-6;/h1-5H,7H2;. The highest BCUT2D eigenvalue weighted by Gasteiger charge is 1.72. The van der Waals surface area contributed by atoms with E-state index in [4.69, 9.17) is 0 Å². The lowest BCUT2D eigenvalue weighted by atomic mass is 10.4. The molecule has 8 heavy (non-hydrogen) atoms. The topological polar surface area (TPSA) is 0 Å². The van der Waals surface area contributed by atoms with Crippen LogP contribution >= 0.6 is 9.24 Å². The highest BCUT2D eigenvalue weighted by atomic mass is 31.0. The van der Waals surface area contributed by atoms with Gasteiger partial charge < -0.3 is 0 Å². The van der Waals surface area contributed by atoms with Crippen LogP contribution in [-0.4, -0.2) is 8.41 Å². The summed E-state index contributed by atoms with van der Waals surface area (Å²) in [7, 11) is 2.63. The molecule has 0 N–H and O–H groups in total. The number of benzene rings is 1. The summed E-state index contributed by atoms with van der Waals surface area (Å²) in [5, 5.41) is 1.24. The van der Waals surface area contributed by atoms with Gasteiger partial charge in [-0.1, -0.05) is 30.3 Å². The first kappa shape index (κ1) is 7.71. The quantitative estimate of drug-likeness (QED) is 0.351. The first-order valence-electron chi connectivity index (χ1n) is 2.20. The molecule has 0 nitrogen and oxygen atoms in total. The van der Waals surface area contributed by atoms with Gasteiger partial charge in [-0.3, -0.25) is 0 Å². The average Bonchev–Trinajstić information content (AvgIpc) is 1.69. The summed E-state index contributed by atoms with van der Waals surface area (Å²) in [6.07, 6.45) is 0. The van der Waals surface area contributed by atoms with Crippen LogP contribution in [0.3, 0.4) is 0 Å². The van der Waals surface area contributed by atoms with Gasteiger partial charge in [0.25, 0.3) is 0 Å². The van der Waals surface area contributed by atoms with Gasteiger partial charge in [0.15, 0.2) is 0 Å². The van der Waals surface area contributed by atoms with Crippen molar-refractivity contribution in [2.75, 3.05) is 0 Å². The van der Waals surface area contributed by atoms with Crippen molar-refractivity contribution in [1.29, 1.82) is 0 Å². The van der Waals surface area contributed by atoms with Crippen molar-refractivity contribution >= 4 is 23.0 Å². The van der Waals surface area contributed by atoms with Gasteiger partial charge in [-0.05, 0) is 5.30 Å². The predicted octanol–water partition coefficient (Wildman–Crippen LogP) is 0.806. The SMILES string of the molecule is Pc1ccccc1.[B]. The molecule has 0 saturated heterocycles. The molecule has 0 fully saturated rings. The van der Waals surface area contributed by atoms with E-state index in [9.17, 15) is 0 Å². The van der Waals surface area contributed by atoms with E-state index in [-0.39, 0.29) is 8.41 Å². The summed E-state index contributed by atoms with van der Waals surface area (Å²) in [6, 6.07) is 10.1. The first-order chi connectivity index (χ1) is 3.39. The van der Waals surface area contributed by atoms with E-state index in [0.29, 0.717) is 0 Å². The van der Waals surface area contributed by atoms with Gasteiger partial charge in [0.1, 0.15) is 0 Å². The number of hydrogen-bond donors (Lipinski definition) is 0. The molecule has 0 aliphatic heterocycles. The summed E-state index contributed by atoms with van der Waals surface area (Å²) in [5.41, 5.74) is 0. The normalized spacial score (nSPS) is 7.62. The van der Waals surface area contributed by atoms with Gasteiger partial charge in [0.2, 0.25) is 0 Å². The van der Waals surface area contributed by atoms with Crippen LogP contribution in [0.25, 0.3) is 0 Å². The molecule has 0 bridgehead atoms. The van der Waals surface area contributed by atoms with Crippen molar-refractivity contribution < 1.29 is 0 Å². The third-order valence-corrected chi connectivity index (χ3v) is 1.18. The van der Waals surface area contributed by atoms with Crippen LogP contribution in [0, 0.1) is 0 Å². The van der Waals surface area contributed by atoms with Crippen molar-refractivity contribution in [3.05, 3.63) is 30.3 Å². The smallest absolute Gasteiger partial charge is 0 e. The average molecular weight is 121 g/mol. The zero-order chi connectivity index (χ0) is 5.11. The highest BCUT2D eigenvalue weighted by molar-refractivity contribution is 7.27. The van der Waals surface area contributed by atoms with E-state index in [1.807, 2.05) is 30.3 Å². The molecule has 0 saturated carbocycles. The Bertz CT molecular complexity index is 138. The maximum absolute atomic E-state index is 2.63.